The topological polar surface area (TPSA) is 61.9 Å². The van der Waals surface area contributed by atoms with E-state index >= 15 is 0 Å². The minimum atomic E-state index is -0.321. The number of aryl methyl sites for hydroxylation is 1. The van der Waals surface area contributed by atoms with E-state index in [1.54, 1.807) is 47.8 Å². The molecule has 0 spiro atoms. The van der Waals surface area contributed by atoms with Crippen LogP contribution in [0.3, 0.4) is 0 Å². The molecule has 3 rings (SSSR count). The highest BCUT2D eigenvalue weighted by molar-refractivity contribution is 5.96. The zero-order valence-electron chi connectivity index (χ0n) is 15.4. The Morgan fingerprint density at radius 1 is 1.15 bits per heavy atom. The molecule has 0 aliphatic carbocycles. The van der Waals surface area contributed by atoms with Crippen LogP contribution in [0.25, 0.3) is 5.69 Å². The van der Waals surface area contributed by atoms with E-state index in [-0.39, 0.29) is 11.7 Å². The zero-order chi connectivity index (χ0) is 19.6. The summed E-state index contributed by atoms with van der Waals surface area (Å²) in [4.78, 5) is 14.6. The third-order valence-corrected chi connectivity index (χ3v) is 4.43. The highest BCUT2D eigenvalue weighted by Crippen LogP contribution is 2.20. The van der Waals surface area contributed by atoms with Crippen molar-refractivity contribution in [3.63, 3.8) is 0 Å². The molecular formula is C21H19FN4O. The normalized spacial score (nSPS) is 10.5. The van der Waals surface area contributed by atoms with Gasteiger partial charge >= 0.3 is 0 Å². The summed E-state index contributed by atoms with van der Waals surface area (Å²) < 4.78 is 14.8. The Morgan fingerprint density at radius 3 is 2.37 bits per heavy atom. The molecule has 27 heavy (non-hydrogen) atoms. The van der Waals surface area contributed by atoms with Gasteiger partial charge in [0.2, 0.25) is 0 Å². The van der Waals surface area contributed by atoms with E-state index in [0.29, 0.717) is 34.7 Å². The van der Waals surface area contributed by atoms with Gasteiger partial charge in [-0.1, -0.05) is 12.1 Å². The summed E-state index contributed by atoms with van der Waals surface area (Å²) in [6.45, 7) is 4.03. The number of aromatic nitrogens is 2. The summed E-state index contributed by atoms with van der Waals surface area (Å²) in [6, 6.07) is 15.2. The van der Waals surface area contributed by atoms with Gasteiger partial charge in [-0.15, -0.1) is 0 Å². The molecule has 0 aliphatic heterocycles. The van der Waals surface area contributed by atoms with Crippen LogP contribution in [-0.4, -0.2) is 27.6 Å². The van der Waals surface area contributed by atoms with Crippen LogP contribution in [0.4, 0.5) is 4.39 Å². The maximum atomic E-state index is 13.2. The summed E-state index contributed by atoms with van der Waals surface area (Å²) >= 11 is 0. The van der Waals surface area contributed by atoms with Crippen LogP contribution in [0, 0.1) is 31.0 Å². The number of nitriles is 1. The number of hydrogen-bond donors (Lipinski definition) is 0. The van der Waals surface area contributed by atoms with Crippen LogP contribution in [0.15, 0.2) is 48.5 Å². The number of carbonyl (C=O) groups excluding carboxylic acids is 1. The number of rotatable bonds is 4. The zero-order valence-corrected chi connectivity index (χ0v) is 15.4. The molecule has 0 radical (unpaired) electrons. The average Bonchev–Trinajstić information content (AvgIpc) is 2.96. The van der Waals surface area contributed by atoms with Crippen molar-refractivity contribution in [3.05, 3.63) is 82.4 Å². The highest BCUT2D eigenvalue weighted by Gasteiger charge is 2.22. The number of benzene rings is 2. The third kappa shape index (κ3) is 3.72. The van der Waals surface area contributed by atoms with Crippen molar-refractivity contribution in [2.24, 2.45) is 0 Å². The van der Waals surface area contributed by atoms with E-state index in [2.05, 4.69) is 11.2 Å². The van der Waals surface area contributed by atoms with Crippen LogP contribution in [0.2, 0.25) is 0 Å². The van der Waals surface area contributed by atoms with Crippen molar-refractivity contribution >= 4 is 5.91 Å². The second-order valence-electron chi connectivity index (χ2n) is 6.40. The molecule has 3 aromatic rings. The van der Waals surface area contributed by atoms with Crippen molar-refractivity contribution in [1.29, 1.82) is 5.26 Å². The maximum Gasteiger partial charge on any atom is 0.257 e. The lowest BCUT2D eigenvalue weighted by Crippen LogP contribution is -2.27. The molecule has 6 heteroatoms. The van der Waals surface area contributed by atoms with Gasteiger partial charge in [-0.3, -0.25) is 4.79 Å². The monoisotopic (exact) mass is 362 g/mol. The fourth-order valence-electron chi connectivity index (χ4n) is 3.01. The molecule has 1 heterocycles. The summed E-state index contributed by atoms with van der Waals surface area (Å²) in [6.07, 6.45) is 0. The van der Waals surface area contributed by atoms with Crippen LogP contribution >= 0.6 is 0 Å². The molecule has 0 aliphatic rings. The fourth-order valence-corrected chi connectivity index (χ4v) is 3.01. The summed E-state index contributed by atoms with van der Waals surface area (Å²) in [5.41, 5.74) is 4.08. The largest absolute Gasteiger partial charge is 0.337 e. The summed E-state index contributed by atoms with van der Waals surface area (Å²) in [7, 11) is 1.73. The van der Waals surface area contributed by atoms with Gasteiger partial charge in [-0.05, 0) is 55.8 Å². The van der Waals surface area contributed by atoms with E-state index in [0.717, 1.165) is 5.56 Å². The number of carbonyl (C=O) groups is 1. The standard InChI is InChI=1S/C21H19FN4O/c1-14-20(15(2)26(24-14)19-10-8-18(22)9-11-19)21(27)25(3)13-17-6-4-16(12-23)5-7-17/h4-11H,13H2,1-3H3. The van der Waals surface area contributed by atoms with Gasteiger partial charge in [0.15, 0.2) is 0 Å². The molecule has 0 saturated carbocycles. The smallest absolute Gasteiger partial charge is 0.257 e. The molecular weight excluding hydrogens is 343 g/mol. The molecule has 0 atom stereocenters. The summed E-state index contributed by atoms with van der Waals surface area (Å²) in [5.74, 6) is -0.457. The first-order valence-corrected chi connectivity index (χ1v) is 8.47. The Balaban J connectivity index is 1.85. The minimum Gasteiger partial charge on any atom is -0.337 e. The van der Waals surface area contributed by atoms with Gasteiger partial charge in [-0.2, -0.15) is 10.4 Å². The highest BCUT2D eigenvalue weighted by atomic mass is 19.1. The number of nitrogens with zero attached hydrogens (tertiary/aromatic N) is 4. The maximum absolute atomic E-state index is 13.2. The quantitative estimate of drug-likeness (QED) is 0.710. The van der Waals surface area contributed by atoms with Crippen molar-refractivity contribution in [2.75, 3.05) is 7.05 Å². The number of hydrogen-bond acceptors (Lipinski definition) is 3. The van der Waals surface area contributed by atoms with Gasteiger partial charge in [-0.25, -0.2) is 9.07 Å². The Hall–Kier alpha value is -3.46. The lowest BCUT2D eigenvalue weighted by molar-refractivity contribution is 0.0783. The van der Waals surface area contributed by atoms with Gasteiger partial charge in [0, 0.05) is 13.6 Å². The van der Waals surface area contributed by atoms with Crippen LogP contribution in [0.1, 0.15) is 32.9 Å². The predicted molar refractivity (Wildman–Crippen MR) is 100.0 cm³/mol. The van der Waals surface area contributed by atoms with E-state index in [4.69, 9.17) is 5.26 Å². The van der Waals surface area contributed by atoms with E-state index < -0.39 is 0 Å². The predicted octanol–water partition coefficient (Wildman–Crippen LogP) is 3.77. The number of halogens is 1. The Morgan fingerprint density at radius 2 is 1.78 bits per heavy atom. The first-order valence-electron chi connectivity index (χ1n) is 8.47. The molecule has 0 unspecified atom stereocenters. The SMILES string of the molecule is Cc1nn(-c2ccc(F)cc2)c(C)c1C(=O)N(C)Cc1ccc(C#N)cc1. The second kappa shape index (κ2) is 7.42. The Bertz CT molecular complexity index is 1010. The van der Waals surface area contributed by atoms with Crippen LogP contribution in [-0.2, 0) is 6.54 Å². The first kappa shape index (κ1) is 18.3. The average molecular weight is 362 g/mol. The molecule has 0 saturated heterocycles. The van der Waals surface area contributed by atoms with E-state index in [1.807, 2.05) is 19.1 Å². The third-order valence-electron chi connectivity index (χ3n) is 4.43. The van der Waals surface area contributed by atoms with Gasteiger partial charge in [0.1, 0.15) is 5.82 Å². The molecule has 0 fully saturated rings. The number of amides is 1. The molecule has 0 N–H and O–H groups in total. The second-order valence-corrected chi connectivity index (χ2v) is 6.40. The molecule has 136 valence electrons. The van der Waals surface area contributed by atoms with Crippen molar-refractivity contribution in [1.82, 2.24) is 14.7 Å². The van der Waals surface area contributed by atoms with E-state index in [9.17, 15) is 9.18 Å². The molecule has 1 aromatic heterocycles. The van der Waals surface area contributed by atoms with Gasteiger partial charge in [0.25, 0.3) is 5.91 Å². The lowest BCUT2D eigenvalue weighted by atomic mass is 10.1. The van der Waals surface area contributed by atoms with Crippen LogP contribution in [0.5, 0.6) is 0 Å². The molecule has 1 amide bonds. The minimum absolute atomic E-state index is 0.136. The lowest BCUT2D eigenvalue weighted by Gasteiger charge is -2.17. The van der Waals surface area contributed by atoms with Crippen LogP contribution < -0.4 is 0 Å². The van der Waals surface area contributed by atoms with Gasteiger partial charge in [0.05, 0.1) is 34.3 Å². The van der Waals surface area contributed by atoms with Crippen molar-refractivity contribution in [3.8, 4) is 11.8 Å². The Labute approximate surface area is 157 Å². The fraction of sp³-hybridized carbons (Fsp3) is 0.190. The van der Waals surface area contributed by atoms with Crippen molar-refractivity contribution in [2.45, 2.75) is 20.4 Å². The molecule has 2 aromatic carbocycles. The van der Waals surface area contributed by atoms with Crippen molar-refractivity contribution < 1.29 is 9.18 Å². The Kier molecular flexibility index (Phi) is 5.04. The van der Waals surface area contributed by atoms with E-state index in [1.165, 1.54) is 12.1 Å². The molecule has 5 nitrogen and oxygen atoms in total. The first-order chi connectivity index (χ1) is 12.9. The summed E-state index contributed by atoms with van der Waals surface area (Å²) in [5, 5.41) is 13.3. The van der Waals surface area contributed by atoms with Gasteiger partial charge < -0.3 is 4.90 Å². The molecule has 0 bridgehead atoms.